The van der Waals surface area contributed by atoms with Crippen LogP contribution in [0.3, 0.4) is 0 Å². The Labute approximate surface area is 247 Å². The number of hydrogen-bond acceptors (Lipinski definition) is 6. The Morgan fingerprint density at radius 2 is 1.73 bits per heavy atom. The van der Waals surface area contributed by atoms with Crippen LogP contribution in [-0.2, 0) is 17.8 Å². The molecule has 41 heavy (non-hydrogen) atoms. The maximum absolute atomic E-state index is 13.9. The van der Waals surface area contributed by atoms with E-state index in [-0.39, 0.29) is 23.8 Å². The molecule has 6 nitrogen and oxygen atoms in total. The van der Waals surface area contributed by atoms with Gasteiger partial charge in [-0.2, -0.15) is 0 Å². The van der Waals surface area contributed by atoms with Crippen molar-refractivity contribution in [2.75, 3.05) is 18.0 Å². The van der Waals surface area contributed by atoms with Crippen LogP contribution in [0.2, 0.25) is 0 Å². The summed E-state index contributed by atoms with van der Waals surface area (Å²) >= 11 is 6.70. The van der Waals surface area contributed by atoms with Crippen molar-refractivity contribution >= 4 is 51.7 Å². The molecule has 0 aliphatic carbocycles. The molecule has 2 aromatic heterocycles. The molecule has 0 unspecified atom stereocenters. The molecule has 4 aromatic rings. The molecule has 208 valence electrons. The van der Waals surface area contributed by atoms with Crippen molar-refractivity contribution in [1.82, 2.24) is 14.3 Å². The summed E-state index contributed by atoms with van der Waals surface area (Å²) in [7, 11) is 0. The number of thioether (sulfide) groups is 1. The minimum absolute atomic E-state index is 0.219. The Morgan fingerprint density at radius 3 is 2.46 bits per heavy atom. The standard InChI is InChI=1S/C32H29FN4O2S2/c1-21-6-5-15-36-28(21)34-29(35-16-13-23(14-17-35)18-22-7-3-2-4-8-22)26(30(36)38)19-27-31(39)37(32(40)41-27)20-24-9-11-25(33)12-10-24/h2-12,15,19,23H,13-14,16-18,20H2,1H3. The van der Waals surface area contributed by atoms with E-state index in [1.807, 2.05) is 25.1 Å². The third-order valence-corrected chi connectivity index (χ3v) is 9.13. The summed E-state index contributed by atoms with van der Waals surface area (Å²) in [5.74, 6) is 0.551. The third kappa shape index (κ3) is 5.69. The number of carbonyl (C=O) groups excluding carboxylic acids is 1. The molecule has 0 atom stereocenters. The van der Waals surface area contributed by atoms with Crippen LogP contribution < -0.4 is 10.5 Å². The fourth-order valence-corrected chi connectivity index (χ4v) is 6.74. The summed E-state index contributed by atoms with van der Waals surface area (Å²) in [5.41, 5.74) is 3.79. The number of aryl methyl sites for hydroxylation is 1. The van der Waals surface area contributed by atoms with Gasteiger partial charge >= 0.3 is 0 Å². The van der Waals surface area contributed by atoms with E-state index >= 15 is 0 Å². The van der Waals surface area contributed by atoms with E-state index in [4.69, 9.17) is 17.2 Å². The molecular weight excluding hydrogens is 556 g/mol. The number of halogens is 1. The van der Waals surface area contributed by atoms with Gasteiger partial charge in [-0.15, -0.1) is 0 Å². The number of nitrogens with zero attached hydrogens (tertiary/aromatic N) is 4. The quantitative estimate of drug-likeness (QED) is 0.205. The monoisotopic (exact) mass is 584 g/mol. The number of hydrogen-bond donors (Lipinski definition) is 0. The highest BCUT2D eigenvalue weighted by Crippen LogP contribution is 2.35. The van der Waals surface area contributed by atoms with Crippen LogP contribution in [0.25, 0.3) is 11.7 Å². The maximum Gasteiger partial charge on any atom is 0.267 e. The number of piperidine rings is 1. The largest absolute Gasteiger partial charge is 0.356 e. The molecule has 9 heteroatoms. The molecule has 0 N–H and O–H groups in total. The smallest absolute Gasteiger partial charge is 0.267 e. The molecule has 2 aliphatic rings. The van der Waals surface area contributed by atoms with Crippen LogP contribution in [-0.4, -0.2) is 37.6 Å². The lowest BCUT2D eigenvalue weighted by molar-refractivity contribution is -0.122. The second kappa shape index (κ2) is 11.6. The summed E-state index contributed by atoms with van der Waals surface area (Å²) in [6, 6.07) is 20.3. The first-order valence-corrected chi connectivity index (χ1v) is 14.9. The Balaban J connectivity index is 1.32. The Bertz CT molecular complexity index is 1710. The number of anilines is 1. The zero-order valence-electron chi connectivity index (χ0n) is 22.6. The van der Waals surface area contributed by atoms with E-state index in [1.165, 1.54) is 34.4 Å². The van der Waals surface area contributed by atoms with Crippen LogP contribution in [0.5, 0.6) is 0 Å². The molecule has 2 saturated heterocycles. The van der Waals surface area contributed by atoms with Crippen LogP contribution in [0.4, 0.5) is 10.2 Å². The average Bonchev–Trinajstić information content (AvgIpc) is 3.24. The predicted octanol–water partition coefficient (Wildman–Crippen LogP) is 6.00. The lowest BCUT2D eigenvalue weighted by Gasteiger charge is -2.33. The number of thiocarbonyl (C=S) groups is 1. The lowest BCUT2D eigenvalue weighted by Crippen LogP contribution is -2.37. The van der Waals surface area contributed by atoms with Gasteiger partial charge in [-0.25, -0.2) is 9.37 Å². The molecule has 2 fully saturated rings. The third-order valence-electron chi connectivity index (χ3n) is 7.75. The van der Waals surface area contributed by atoms with Gasteiger partial charge in [0.25, 0.3) is 11.5 Å². The zero-order valence-corrected chi connectivity index (χ0v) is 24.3. The van der Waals surface area contributed by atoms with Gasteiger partial charge in [0.05, 0.1) is 17.0 Å². The van der Waals surface area contributed by atoms with Crippen molar-refractivity contribution in [3.63, 3.8) is 0 Å². The summed E-state index contributed by atoms with van der Waals surface area (Å²) < 4.78 is 15.3. The average molecular weight is 585 g/mol. The predicted molar refractivity (Wildman–Crippen MR) is 166 cm³/mol. The van der Waals surface area contributed by atoms with E-state index in [0.29, 0.717) is 32.2 Å². The second-order valence-electron chi connectivity index (χ2n) is 10.6. The highest BCUT2D eigenvalue weighted by Gasteiger charge is 2.33. The first kappa shape index (κ1) is 27.4. The minimum Gasteiger partial charge on any atom is -0.356 e. The van der Waals surface area contributed by atoms with Crippen molar-refractivity contribution in [3.8, 4) is 0 Å². The maximum atomic E-state index is 13.9. The lowest BCUT2D eigenvalue weighted by atomic mass is 9.90. The zero-order chi connectivity index (χ0) is 28.5. The molecule has 2 aromatic carbocycles. The van der Waals surface area contributed by atoms with Gasteiger partial charge in [0.15, 0.2) is 0 Å². The fourth-order valence-electron chi connectivity index (χ4n) is 5.50. The molecule has 0 radical (unpaired) electrons. The van der Waals surface area contributed by atoms with Gasteiger partial charge < -0.3 is 4.90 Å². The highest BCUT2D eigenvalue weighted by atomic mass is 32.2. The van der Waals surface area contributed by atoms with E-state index in [9.17, 15) is 14.0 Å². The second-order valence-corrected chi connectivity index (χ2v) is 12.2. The molecule has 2 aliphatic heterocycles. The van der Waals surface area contributed by atoms with E-state index in [1.54, 1.807) is 28.8 Å². The van der Waals surface area contributed by atoms with Gasteiger partial charge in [-0.05, 0) is 73.1 Å². The fraction of sp³-hybridized carbons (Fsp3) is 0.250. The van der Waals surface area contributed by atoms with Crippen molar-refractivity contribution < 1.29 is 9.18 Å². The molecule has 1 amide bonds. The molecule has 0 spiro atoms. The van der Waals surface area contributed by atoms with Gasteiger partial charge in [0.2, 0.25) is 0 Å². The van der Waals surface area contributed by atoms with Gasteiger partial charge in [-0.3, -0.25) is 18.9 Å². The molecule has 0 saturated carbocycles. The first-order valence-electron chi connectivity index (χ1n) is 13.7. The number of aromatic nitrogens is 2. The highest BCUT2D eigenvalue weighted by molar-refractivity contribution is 8.26. The Hall–Kier alpha value is -3.82. The van der Waals surface area contributed by atoms with Gasteiger partial charge in [0.1, 0.15) is 21.6 Å². The Morgan fingerprint density at radius 1 is 1.00 bits per heavy atom. The normalized spacial score (nSPS) is 17.3. The van der Waals surface area contributed by atoms with Crippen LogP contribution >= 0.6 is 24.0 Å². The molecule has 6 rings (SSSR count). The molecular formula is C32H29FN4O2S2. The number of pyridine rings is 1. The number of carbonyl (C=O) groups is 1. The van der Waals surface area contributed by atoms with Crippen LogP contribution in [0, 0.1) is 18.7 Å². The molecule has 4 heterocycles. The van der Waals surface area contributed by atoms with E-state index in [2.05, 4.69) is 29.2 Å². The van der Waals surface area contributed by atoms with Gasteiger partial charge in [-0.1, -0.05) is 72.5 Å². The SMILES string of the molecule is Cc1cccn2c(=O)c(C=C3SC(=S)N(Cc4ccc(F)cc4)C3=O)c(N3CCC(Cc4ccccc4)CC3)nc12. The van der Waals surface area contributed by atoms with Crippen LogP contribution in [0.15, 0.2) is 82.6 Å². The number of amides is 1. The number of benzene rings is 2. The molecule has 0 bridgehead atoms. The minimum atomic E-state index is -0.338. The van der Waals surface area contributed by atoms with Crippen LogP contribution in [0.1, 0.15) is 35.1 Å². The van der Waals surface area contributed by atoms with E-state index < -0.39 is 0 Å². The number of rotatable bonds is 6. The van der Waals surface area contributed by atoms with Crippen molar-refractivity contribution in [3.05, 3.63) is 116 Å². The number of fused-ring (bicyclic) bond motifs is 1. The van der Waals surface area contributed by atoms with Crippen molar-refractivity contribution in [1.29, 1.82) is 0 Å². The summed E-state index contributed by atoms with van der Waals surface area (Å²) in [6.45, 7) is 3.73. The van der Waals surface area contributed by atoms with Crippen molar-refractivity contribution in [2.24, 2.45) is 5.92 Å². The van der Waals surface area contributed by atoms with E-state index in [0.717, 1.165) is 43.5 Å². The summed E-state index contributed by atoms with van der Waals surface area (Å²) in [6.07, 6.45) is 6.38. The summed E-state index contributed by atoms with van der Waals surface area (Å²) in [5, 5.41) is 0. The summed E-state index contributed by atoms with van der Waals surface area (Å²) in [4.78, 5) is 36.4. The first-order chi connectivity index (χ1) is 19.9. The topological polar surface area (TPSA) is 57.9 Å². The Kier molecular flexibility index (Phi) is 7.73. The van der Waals surface area contributed by atoms with Gasteiger partial charge in [0, 0.05) is 19.3 Å². The van der Waals surface area contributed by atoms with Crippen molar-refractivity contribution in [2.45, 2.75) is 32.7 Å².